The van der Waals surface area contributed by atoms with E-state index in [9.17, 15) is 4.79 Å². The highest BCUT2D eigenvalue weighted by Crippen LogP contribution is 2.25. The van der Waals surface area contributed by atoms with E-state index in [1.165, 1.54) is 0 Å². The van der Waals surface area contributed by atoms with Crippen molar-refractivity contribution >= 4 is 11.6 Å². The largest absolute Gasteiger partial charge is 0.492 e. The summed E-state index contributed by atoms with van der Waals surface area (Å²) in [6.45, 7) is 2.53. The molecule has 0 bridgehead atoms. The van der Waals surface area contributed by atoms with Gasteiger partial charge in [-0.1, -0.05) is 24.3 Å². The summed E-state index contributed by atoms with van der Waals surface area (Å²) in [5.41, 5.74) is 0.756. The molecule has 18 heavy (non-hydrogen) atoms. The molecule has 0 spiro atoms. The van der Waals surface area contributed by atoms with Gasteiger partial charge in [-0.25, -0.2) is 0 Å². The van der Waals surface area contributed by atoms with Gasteiger partial charge in [-0.3, -0.25) is 4.79 Å². The summed E-state index contributed by atoms with van der Waals surface area (Å²) in [6, 6.07) is 7.54. The van der Waals surface area contributed by atoms with Crippen LogP contribution in [0.1, 0.15) is 26.2 Å². The molecular formula is C15H19NO2. The average Bonchev–Trinajstić information content (AvgIpc) is 2.84. The Morgan fingerprint density at radius 1 is 1.44 bits per heavy atom. The molecule has 0 saturated heterocycles. The van der Waals surface area contributed by atoms with Gasteiger partial charge < -0.3 is 10.1 Å². The molecule has 3 nitrogen and oxygen atoms in total. The number of amides is 1. The Morgan fingerprint density at radius 2 is 2.28 bits per heavy atom. The molecule has 0 aromatic heterocycles. The van der Waals surface area contributed by atoms with Crippen molar-refractivity contribution < 1.29 is 9.53 Å². The van der Waals surface area contributed by atoms with E-state index >= 15 is 0 Å². The molecule has 1 aromatic rings. The Balaban J connectivity index is 1.95. The van der Waals surface area contributed by atoms with Crippen LogP contribution in [0.25, 0.3) is 0 Å². The molecule has 0 fully saturated rings. The van der Waals surface area contributed by atoms with Gasteiger partial charge in [0.05, 0.1) is 12.3 Å². The number of nitrogens with one attached hydrogen (secondary N) is 1. The number of hydrogen-bond acceptors (Lipinski definition) is 2. The molecule has 3 heteroatoms. The summed E-state index contributed by atoms with van der Waals surface area (Å²) in [7, 11) is 0. The topological polar surface area (TPSA) is 38.3 Å². The summed E-state index contributed by atoms with van der Waals surface area (Å²) in [5, 5.41) is 2.92. The second-order valence-corrected chi connectivity index (χ2v) is 4.45. The third kappa shape index (κ3) is 3.36. The number of carbonyl (C=O) groups excluding carboxylic acids is 1. The quantitative estimate of drug-likeness (QED) is 0.808. The Labute approximate surface area is 108 Å². The molecule has 0 aliphatic heterocycles. The van der Waals surface area contributed by atoms with Crippen molar-refractivity contribution in [2.75, 3.05) is 11.9 Å². The first-order chi connectivity index (χ1) is 8.79. The van der Waals surface area contributed by atoms with Crippen LogP contribution < -0.4 is 10.1 Å². The van der Waals surface area contributed by atoms with Crippen LogP contribution in [0.3, 0.4) is 0 Å². The van der Waals surface area contributed by atoms with E-state index in [-0.39, 0.29) is 5.91 Å². The highest BCUT2D eigenvalue weighted by atomic mass is 16.5. The number of carbonyl (C=O) groups is 1. The van der Waals surface area contributed by atoms with Crippen LogP contribution in [-0.4, -0.2) is 12.5 Å². The number of ether oxygens (including phenoxy) is 1. The SMILES string of the molecule is CCOc1ccccc1NC(=O)CC1C=CCC1. The summed E-state index contributed by atoms with van der Waals surface area (Å²) in [5.74, 6) is 1.18. The maximum Gasteiger partial charge on any atom is 0.225 e. The van der Waals surface area contributed by atoms with Crippen LogP contribution in [0.4, 0.5) is 5.69 Å². The van der Waals surface area contributed by atoms with Gasteiger partial charge in [-0.2, -0.15) is 0 Å². The number of rotatable bonds is 5. The zero-order chi connectivity index (χ0) is 12.8. The summed E-state index contributed by atoms with van der Waals surface area (Å²) in [6.07, 6.45) is 7.01. The van der Waals surface area contributed by atoms with E-state index in [1.54, 1.807) is 0 Å². The van der Waals surface area contributed by atoms with Gasteiger partial charge in [0.25, 0.3) is 0 Å². The molecular weight excluding hydrogens is 226 g/mol. The van der Waals surface area contributed by atoms with E-state index < -0.39 is 0 Å². The van der Waals surface area contributed by atoms with E-state index in [0.717, 1.165) is 24.3 Å². The number of para-hydroxylation sites is 2. The maximum absolute atomic E-state index is 11.9. The molecule has 1 unspecified atom stereocenters. The molecule has 96 valence electrons. The molecule has 0 saturated carbocycles. The smallest absolute Gasteiger partial charge is 0.225 e. The minimum absolute atomic E-state index is 0.0544. The molecule has 0 heterocycles. The van der Waals surface area contributed by atoms with E-state index in [4.69, 9.17) is 4.74 Å². The van der Waals surface area contributed by atoms with Crippen LogP contribution in [0.2, 0.25) is 0 Å². The number of hydrogen-bond donors (Lipinski definition) is 1. The highest BCUT2D eigenvalue weighted by molar-refractivity contribution is 5.92. The second kappa shape index (κ2) is 6.24. The minimum Gasteiger partial charge on any atom is -0.492 e. The van der Waals surface area contributed by atoms with Gasteiger partial charge in [-0.05, 0) is 37.8 Å². The normalized spacial score (nSPS) is 17.7. The summed E-state index contributed by atoms with van der Waals surface area (Å²) in [4.78, 5) is 11.9. The van der Waals surface area contributed by atoms with E-state index in [0.29, 0.717) is 18.9 Å². The minimum atomic E-state index is 0.0544. The monoisotopic (exact) mass is 245 g/mol. The van der Waals surface area contributed by atoms with Crippen LogP contribution in [0, 0.1) is 5.92 Å². The van der Waals surface area contributed by atoms with Crippen molar-refractivity contribution in [3.05, 3.63) is 36.4 Å². The molecule has 1 aromatic carbocycles. The van der Waals surface area contributed by atoms with E-state index in [2.05, 4.69) is 17.5 Å². The Bertz CT molecular complexity index is 440. The molecule has 1 aliphatic rings. The second-order valence-electron chi connectivity index (χ2n) is 4.45. The molecule has 1 atom stereocenters. The lowest BCUT2D eigenvalue weighted by Gasteiger charge is -2.12. The Morgan fingerprint density at radius 3 is 3.00 bits per heavy atom. The lowest BCUT2D eigenvalue weighted by Crippen LogP contribution is -2.15. The molecule has 1 aliphatic carbocycles. The lowest BCUT2D eigenvalue weighted by molar-refractivity contribution is -0.116. The lowest BCUT2D eigenvalue weighted by atomic mass is 10.1. The van der Waals surface area contributed by atoms with Crippen LogP contribution in [-0.2, 0) is 4.79 Å². The number of allylic oxidation sites excluding steroid dienone is 2. The van der Waals surface area contributed by atoms with Gasteiger partial charge in [0.15, 0.2) is 0 Å². The van der Waals surface area contributed by atoms with Crippen molar-refractivity contribution in [3.63, 3.8) is 0 Å². The zero-order valence-corrected chi connectivity index (χ0v) is 10.7. The average molecular weight is 245 g/mol. The fraction of sp³-hybridized carbons (Fsp3) is 0.400. The number of benzene rings is 1. The standard InChI is InChI=1S/C15H19NO2/c1-2-18-14-10-6-5-9-13(14)16-15(17)11-12-7-3-4-8-12/h3,5-7,9-10,12H,2,4,8,11H2,1H3,(H,16,17). The van der Waals surface area contributed by atoms with Crippen LogP contribution in [0.5, 0.6) is 5.75 Å². The van der Waals surface area contributed by atoms with Crippen molar-refractivity contribution in [1.29, 1.82) is 0 Å². The molecule has 1 amide bonds. The molecule has 0 radical (unpaired) electrons. The zero-order valence-electron chi connectivity index (χ0n) is 10.7. The summed E-state index contributed by atoms with van der Waals surface area (Å²) >= 11 is 0. The fourth-order valence-corrected chi connectivity index (χ4v) is 2.16. The van der Waals surface area contributed by atoms with Gasteiger partial charge in [0, 0.05) is 6.42 Å². The third-order valence-electron chi connectivity index (χ3n) is 3.02. The van der Waals surface area contributed by atoms with Crippen molar-refractivity contribution in [1.82, 2.24) is 0 Å². The fourth-order valence-electron chi connectivity index (χ4n) is 2.16. The highest BCUT2D eigenvalue weighted by Gasteiger charge is 2.15. The van der Waals surface area contributed by atoms with Gasteiger partial charge in [-0.15, -0.1) is 0 Å². The maximum atomic E-state index is 11.9. The Kier molecular flexibility index (Phi) is 4.40. The van der Waals surface area contributed by atoms with Gasteiger partial charge >= 0.3 is 0 Å². The third-order valence-corrected chi connectivity index (χ3v) is 3.02. The molecule has 2 rings (SSSR count). The van der Waals surface area contributed by atoms with Gasteiger partial charge in [0.1, 0.15) is 5.75 Å². The predicted molar refractivity (Wildman–Crippen MR) is 72.7 cm³/mol. The first-order valence-electron chi connectivity index (χ1n) is 6.48. The first kappa shape index (κ1) is 12.7. The Hall–Kier alpha value is -1.77. The predicted octanol–water partition coefficient (Wildman–Crippen LogP) is 3.38. The van der Waals surface area contributed by atoms with Crippen molar-refractivity contribution in [2.24, 2.45) is 5.92 Å². The van der Waals surface area contributed by atoms with E-state index in [1.807, 2.05) is 31.2 Å². The summed E-state index contributed by atoms with van der Waals surface area (Å²) < 4.78 is 5.48. The van der Waals surface area contributed by atoms with Crippen LogP contribution >= 0.6 is 0 Å². The van der Waals surface area contributed by atoms with Crippen molar-refractivity contribution in [3.8, 4) is 5.75 Å². The van der Waals surface area contributed by atoms with Crippen molar-refractivity contribution in [2.45, 2.75) is 26.2 Å². The van der Waals surface area contributed by atoms with Crippen LogP contribution in [0.15, 0.2) is 36.4 Å². The molecule has 1 N–H and O–H groups in total. The van der Waals surface area contributed by atoms with Gasteiger partial charge in [0.2, 0.25) is 5.91 Å². The number of anilines is 1. The first-order valence-corrected chi connectivity index (χ1v) is 6.48.